The van der Waals surface area contributed by atoms with E-state index in [9.17, 15) is 26.7 Å². The molecule has 1 heterocycles. The van der Waals surface area contributed by atoms with E-state index in [1.54, 1.807) is 0 Å². The number of halogens is 5. The lowest BCUT2D eigenvalue weighted by molar-refractivity contribution is -0.275. The van der Waals surface area contributed by atoms with Crippen molar-refractivity contribution < 1.29 is 26.7 Å². The normalized spacial score (nSPS) is 11.9. The molecule has 0 spiro atoms. The van der Waals surface area contributed by atoms with E-state index in [1.165, 1.54) is 0 Å². The minimum atomic E-state index is -5.12. The molecule has 1 rings (SSSR count). The smallest absolute Gasteiger partial charge is 0.405 e. The first-order valence-corrected chi connectivity index (χ1v) is 3.98. The molecule has 0 saturated heterocycles. The van der Waals surface area contributed by atoms with E-state index in [-0.39, 0.29) is 5.56 Å². The number of pyridine rings is 1. The van der Waals surface area contributed by atoms with Crippen molar-refractivity contribution in [2.45, 2.75) is 19.7 Å². The number of aryl methyl sites for hydroxylation is 1. The summed E-state index contributed by atoms with van der Waals surface area (Å²) in [6.45, 7) is 1.11. The molecule has 3 nitrogen and oxygen atoms in total. The fraction of sp³-hybridized carbons (Fsp3) is 0.375. The molecule has 0 aliphatic carbocycles. The molecule has 8 heteroatoms. The number of ether oxygens (including phenoxy) is 1. The van der Waals surface area contributed by atoms with Gasteiger partial charge in [0.25, 0.3) is 12.0 Å². The van der Waals surface area contributed by atoms with E-state index in [2.05, 4.69) is 4.74 Å². The molecule has 0 aliphatic rings. The van der Waals surface area contributed by atoms with Gasteiger partial charge < -0.3 is 9.72 Å². The number of aromatic nitrogens is 1. The topological polar surface area (TPSA) is 42.1 Å². The van der Waals surface area contributed by atoms with E-state index in [0.717, 1.165) is 13.1 Å². The number of hydrogen-bond acceptors (Lipinski definition) is 2. The van der Waals surface area contributed by atoms with Gasteiger partial charge in [-0.2, -0.15) is 0 Å². The maximum Gasteiger partial charge on any atom is 0.573 e. The second-order valence-corrected chi connectivity index (χ2v) is 2.89. The van der Waals surface area contributed by atoms with Crippen molar-refractivity contribution in [2.75, 3.05) is 0 Å². The quantitative estimate of drug-likeness (QED) is 0.811. The second-order valence-electron chi connectivity index (χ2n) is 2.89. The van der Waals surface area contributed by atoms with Crippen molar-refractivity contribution in [3.8, 4) is 5.75 Å². The molecule has 0 radical (unpaired) electrons. The van der Waals surface area contributed by atoms with Crippen LogP contribution in [0.25, 0.3) is 0 Å². The summed E-state index contributed by atoms with van der Waals surface area (Å²) in [4.78, 5) is 12.8. The lowest BCUT2D eigenvalue weighted by Gasteiger charge is -2.14. The van der Waals surface area contributed by atoms with Crippen molar-refractivity contribution in [1.82, 2.24) is 4.98 Å². The summed E-state index contributed by atoms with van der Waals surface area (Å²) in [5.41, 5.74) is -2.86. The summed E-state index contributed by atoms with van der Waals surface area (Å²) in [5, 5.41) is 0. The van der Waals surface area contributed by atoms with Crippen molar-refractivity contribution in [1.29, 1.82) is 0 Å². The Balaban J connectivity index is 3.35. The molecular weight excluding hydrogens is 237 g/mol. The third-order valence-corrected chi connectivity index (χ3v) is 1.70. The Morgan fingerprint density at radius 1 is 1.38 bits per heavy atom. The Hall–Kier alpha value is -1.60. The lowest BCUT2D eigenvalue weighted by atomic mass is 10.2. The monoisotopic (exact) mass is 243 g/mol. The van der Waals surface area contributed by atoms with Crippen LogP contribution in [0.4, 0.5) is 22.0 Å². The standard InChI is InChI=1S/C8H6F5NO2/c1-3-2-14-7(15)4(6(9)10)5(3)16-8(11,12)13/h2,6H,1H3,(H,14,15). The van der Waals surface area contributed by atoms with Crippen molar-refractivity contribution in [2.24, 2.45) is 0 Å². The summed E-state index contributed by atoms with van der Waals surface area (Å²) >= 11 is 0. The third-order valence-electron chi connectivity index (χ3n) is 1.70. The van der Waals surface area contributed by atoms with Crippen LogP contribution >= 0.6 is 0 Å². The number of alkyl halides is 5. The van der Waals surface area contributed by atoms with Crippen molar-refractivity contribution in [3.63, 3.8) is 0 Å². The highest BCUT2D eigenvalue weighted by atomic mass is 19.4. The van der Waals surface area contributed by atoms with Crippen LogP contribution in [0.15, 0.2) is 11.0 Å². The molecule has 1 aromatic rings. The first-order valence-electron chi connectivity index (χ1n) is 3.98. The molecule has 90 valence electrons. The average Bonchev–Trinajstić information content (AvgIpc) is 2.08. The molecule has 0 aromatic carbocycles. The van der Waals surface area contributed by atoms with Crippen LogP contribution in [0.2, 0.25) is 0 Å². The number of aromatic amines is 1. The van der Waals surface area contributed by atoms with E-state index in [1.807, 2.05) is 4.98 Å². The molecule has 0 saturated carbocycles. The average molecular weight is 243 g/mol. The Labute approximate surface area is 85.8 Å². The highest BCUT2D eigenvalue weighted by molar-refractivity contribution is 5.38. The van der Waals surface area contributed by atoms with Crippen LogP contribution in [-0.2, 0) is 0 Å². The lowest BCUT2D eigenvalue weighted by Crippen LogP contribution is -2.23. The predicted molar refractivity (Wildman–Crippen MR) is 43.4 cm³/mol. The molecular formula is C8H6F5NO2. The van der Waals surface area contributed by atoms with Crippen LogP contribution in [0.1, 0.15) is 17.6 Å². The van der Waals surface area contributed by atoms with Crippen LogP contribution < -0.4 is 10.3 Å². The molecule has 0 bridgehead atoms. The Kier molecular flexibility index (Phi) is 3.20. The summed E-state index contributed by atoms with van der Waals surface area (Å²) in [5.74, 6) is -1.15. The minimum absolute atomic E-state index is 0.229. The first kappa shape index (κ1) is 12.5. The maximum absolute atomic E-state index is 12.4. The van der Waals surface area contributed by atoms with Gasteiger partial charge in [-0.1, -0.05) is 0 Å². The van der Waals surface area contributed by atoms with E-state index < -0.39 is 29.7 Å². The van der Waals surface area contributed by atoms with Gasteiger partial charge in [-0.3, -0.25) is 4.79 Å². The number of H-pyrrole nitrogens is 1. The van der Waals surface area contributed by atoms with Gasteiger partial charge in [0, 0.05) is 11.8 Å². The van der Waals surface area contributed by atoms with Gasteiger partial charge >= 0.3 is 6.36 Å². The van der Waals surface area contributed by atoms with Crippen LogP contribution in [0.5, 0.6) is 5.75 Å². The van der Waals surface area contributed by atoms with Crippen molar-refractivity contribution in [3.05, 3.63) is 27.7 Å². The zero-order valence-corrected chi connectivity index (χ0v) is 7.86. The van der Waals surface area contributed by atoms with Crippen LogP contribution in [0.3, 0.4) is 0 Å². The second kappa shape index (κ2) is 4.11. The highest BCUT2D eigenvalue weighted by Gasteiger charge is 2.35. The zero-order chi connectivity index (χ0) is 12.5. The van der Waals surface area contributed by atoms with Gasteiger partial charge in [-0.25, -0.2) is 8.78 Å². The number of rotatable bonds is 2. The molecule has 1 N–H and O–H groups in total. The molecule has 0 unspecified atom stereocenters. The molecule has 1 aromatic heterocycles. The van der Waals surface area contributed by atoms with Crippen LogP contribution in [-0.4, -0.2) is 11.3 Å². The Bertz CT molecular complexity index is 437. The zero-order valence-electron chi connectivity index (χ0n) is 7.86. The maximum atomic E-state index is 12.4. The Morgan fingerprint density at radius 2 is 1.94 bits per heavy atom. The molecule has 16 heavy (non-hydrogen) atoms. The molecule has 0 aliphatic heterocycles. The van der Waals surface area contributed by atoms with Gasteiger partial charge in [-0.15, -0.1) is 13.2 Å². The largest absolute Gasteiger partial charge is 0.573 e. The van der Waals surface area contributed by atoms with Gasteiger partial charge in [-0.05, 0) is 6.92 Å². The first-order chi connectivity index (χ1) is 7.22. The van der Waals surface area contributed by atoms with E-state index in [4.69, 9.17) is 0 Å². The summed E-state index contributed by atoms with van der Waals surface area (Å²) in [7, 11) is 0. The summed E-state index contributed by atoms with van der Waals surface area (Å²) in [6.07, 6.45) is -7.60. The van der Waals surface area contributed by atoms with Crippen molar-refractivity contribution >= 4 is 0 Å². The third kappa shape index (κ3) is 2.71. The molecule has 0 amide bonds. The van der Waals surface area contributed by atoms with Gasteiger partial charge in [0.1, 0.15) is 11.3 Å². The fourth-order valence-electron chi connectivity index (χ4n) is 1.08. The highest BCUT2D eigenvalue weighted by Crippen LogP contribution is 2.32. The SMILES string of the molecule is Cc1c[nH]c(=O)c(C(F)F)c1OC(F)(F)F. The predicted octanol–water partition coefficient (Wildman–Crippen LogP) is 2.52. The van der Waals surface area contributed by atoms with E-state index in [0.29, 0.717) is 0 Å². The van der Waals surface area contributed by atoms with Crippen LogP contribution in [0, 0.1) is 6.92 Å². The van der Waals surface area contributed by atoms with E-state index >= 15 is 0 Å². The summed E-state index contributed by atoms with van der Waals surface area (Å²) in [6, 6.07) is 0. The van der Waals surface area contributed by atoms with Gasteiger partial charge in [0.05, 0.1) is 0 Å². The molecule has 0 atom stereocenters. The fourth-order valence-corrected chi connectivity index (χ4v) is 1.08. The molecule has 0 fully saturated rings. The summed E-state index contributed by atoms with van der Waals surface area (Å²) < 4.78 is 63.9. The number of nitrogens with one attached hydrogen (secondary N) is 1. The minimum Gasteiger partial charge on any atom is -0.405 e. The Morgan fingerprint density at radius 3 is 2.38 bits per heavy atom. The van der Waals surface area contributed by atoms with Gasteiger partial charge in [0.15, 0.2) is 0 Å². The van der Waals surface area contributed by atoms with Gasteiger partial charge in [0.2, 0.25) is 0 Å². The number of hydrogen-bond donors (Lipinski definition) is 1.